The molecule has 8 nitrogen and oxygen atoms in total. The maximum Gasteiger partial charge on any atom is 0.338 e. The quantitative estimate of drug-likeness (QED) is 0.576. The molecule has 0 unspecified atom stereocenters. The Kier molecular flexibility index (Phi) is 6.07. The van der Waals surface area contributed by atoms with Crippen LogP contribution in [0.1, 0.15) is 10.4 Å². The maximum atomic E-state index is 12.0. The largest absolute Gasteiger partial charge is 0.452 e. The van der Waals surface area contributed by atoms with Crippen molar-refractivity contribution in [1.29, 1.82) is 0 Å². The van der Waals surface area contributed by atoms with E-state index in [4.69, 9.17) is 16.3 Å². The van der Waals surface area contributed by atoms with Crippen LogP contribution >= 0.6 is 11.6 Å². The number of nitrogens with zero attached hydrogens (tertiary/aromatic N) is 1. The van der Waals surface area contributed by atoms with Crippen molar-refractivity contribution in [3.8, 4) is 0 Å². The predicted octanol–water partition coefficient (Wildman–Crippen LogP) is 1.44. The zero-order valence-electron chi connectivity index (χ0n) is 13.0. The van der Waals surface area contributed by atoms with Gasteiger partial charge in [0.05, 0.1) is 16.1 Å². The molecule has 132 valence electrons. The van der Waals surface area contributed by atoms with Crippen molar-refractivity contribution in [2.24, 2.45) is 0 Å². The molecule has 1 heterocycles. The normalized spacial score (nSPS) is 11.0. The molecule has 0 aliphatic heterocycles. The number of aromatic nitrogens is 1. The molecular formula is C15H14ClN3O5S. The molecule has 0 fully saturated rings. The summed E-state index contributed by atoms with van der Waals surface area (Å²) in [7, 11) is -2.43. The molecule has 0 bridgehead atoms. The molecule has 1 aromatic carbocycles. The van der Waals surface area contributed by atoms with Gasteiger partial charge in [0.15, 0.2) is 11.8 Å². The fraction of sp³-hybridized carbons (Fsp3) is 0.133. The Balaban J connectivity index is 2.00. The molecule has 0 saturated carbocycles. The average Bonchev–Trinajstić information content (AvgIpc) is 2.61. The highest BCUT2D eigenvalue weighted by molar-refractivity contribution is 7.89. The number of amides is 1. The summed E-state index contributed by atoms with van der Waals surface area (Å²) >= 11 is 5.80. The van der Waals surface area contributed by atoms with Crippen molar-refractivity contribution in [1.82, 2.24) is 9.71 Å². The van der Waals surface area contributed by atoms with Gasteiger partial charge < -0.3 is 10.1 Å². The van der Waals surface area contributed by atoms with E-state index in [9.17, 15) is 18.0 Å². The van der Waals surface area contributed by atoms with Gasteiger partial charge in [0.25, 0.3) is 5.91 Å². The first-order valence-corrected chi connectivity index (χ1v) is 8.80. The van der Waals surface area contributed by atoms with Gasteiger partial charge in [-0.15, -0.1) is 0 Å². The van der Waals surface area contributed by atoms with Crippen molar-refractivity contribution < 1.29 is 22.7 Å². The van der Waals surface area contributed by atoms with Crippen LogP contribution in [0.2, 0.25) is 5.15 Å². The molecule has 0 saturated heterocycles. The van der Waals surface area contributed by atoms with Crippen LogP contribution in [0.3, 0.4) is 0 Å². The van der Waals surface area contributed by atoms with E-state index >= 15 is 0 Å². The summed E-state index contributed by atoms with van der Waals surface area (Å²) in [5, 5.41) is 2.55. The third-order valence-electron chi connectivity index (χ3n) is 3.02. The summed E-state index contributed by atoms with van der Waals surface area (Å²) in [6.45, 7) is -0.562. The standard InChI is InChI=1S/C15H14ClN3O5S/c1-17-25(22,23)11-5-2-4-10(8-11)15(21)24-9-13(20)19-12-6-3-7-18-14(12)16/h2-8,17H,9H2,1H3,(H,19,20). The number of halogens is 1. The van der Waals surface area contributed by atoms with E-state index in [2.05, 4.69) is 15.0 Å². The van der Waals surface area contributed by atoms with Crippen LogP contribution in [0.25, 0.3) is 0 Å². The van der Waals surface area contributed by atoms with Crippen LogP contribution in [-0.4, -0.2) is 38.9 Å². The summed E-state index contributed by atoms with van der Waals surface area (Å²) in [5.74, 6) is -1.44. The summed E-state index contributed by atoms with van der Waals surface area (Å²) in [4.78, 5) is 27.5. The molecule has 1 amide bonds. The fourth-order valence-electron chi connectivity index (χ4n) is 1.79. The van der Waals surface area contributed by atoms with Gasteiger partial charge in [0, 0.05) is 6.20 Å². The Bertz CT molecular complexity index is 902. The van der Waals surface area contributed by atoms with Gasteiger partial charge in [0.2, 0.25) is 10.0 Å². The molecule has 1 aromatic heterocycles. The summed E-state index contributed by atoms with van der Waals surface area (Å²) in [6, 6.07) is 8.40. The molecule has 2 N–H and O–H groups in total. The van der Waals surface area contributed by atoms with Crippen LogP contribution in [0.15, 0.2) is 47.5 Å². The van der Waals surface area contributed by atoms with Gasteiger partial charge in [-0.2, -0.15) is 0 Å². The van der Waals surface area contributed by atoms with E-state index in [1.54, 1.807) is 12.1 Å². The number of esters is 1. The summed E-state index contributed by atoms with van der Waals surface area (Å²) in [6.07, 6.45) is 1.46. The van der Waals surface area contributed by atoms with E-state index in [1.165, 1.54) is 31.4 Å². The zero-order valence-corrected chi connectivity index (χ0v) is 14.6. The Morgan fingerprint density at radius 2 is 2.00 bits per heavy atom. The third-order valence-corrected chi connectivity index (χ3v) is 4.73. The number of benzene rings is 1. The smallest absolute Gasteiger partial charge is 0.338 e. The number of anilines is 1. The van der Waals surface area contributed by atoms with Crippen molar-refractivity contribution in [2.75, 3.05) is 19.0 Å². The number of rotatable bonds is 6. The van der Waals surface area contributed by atoms with Crippen LogP contribution in [0, 0.1) is 0 Å². The van der Waals surface area contributed by atoms with Crippen molar-refractivity contribution in [2.45, 2.75) is 4.90 Å². The van der Waals surface area contributed by atoms with Crippen molar-refractivity contribution in [3.63, 3.8) is 0 Å². The summed E-state index contributed by atoms with van der Waals surface area (Å²) in [5.41, 5.74) is 0.288. The highest BCUT2D eigenvalue weighted by atomic mass is 35.5. The van der Waals surface area contributed by atoms with E-state index < -0.39 is 28.5 Å². The molecule has 10 heteroatoms. The second kappa shape index (κ2) is 8.06. The number of hydrogen-bond donors (Lipinski definition) is 2. The lowest BCUT2D eigenvalue weighted by molar-refractivity contribution is -0.119. The highest BCUT2D eigenvalue weighted by Gasteiger charge is 2.16. The number of carbonyl (C=O) groups is 2. The minimum absolute atomic E-state index is 0.00327. The first-order chi connectivity index (χ1) is 11.8. The number of pyridine rings is 1. The number of carbonyl (C=O) groups excluding carboxylic acids is 2. The zero-order chi connectivity index (χ0) is 18.4. The van der Waals surface area contributed by atoms with Gasteiger partial charge in [-0.05, 0) is 37.4 Å². The predicted molar refractivity (Wildman–Crippen MR) is 90.8 cm³/mol. The van der Waals surface area contributed by atoms with E-state index in [0.29, 0.717) is 0 Å². The van der Waals surface area contributed by atoms with Crippen molar-refractivity contribution in [3.05, 3.63) is 53.3 Å². The maximum absolute atomic E-state index is 12.0. The topological polar surface area (TPSA) is 114 Å². The monoisotopic (exact) mass is 383 g/mol. The molecule has 2 rings (SSSR count). The van der Waals surface area contributed by atoms with Crippen LogP contribution in [0.5, 0.6) is 0 Å². The average molecular weight is 384 g/mol. The number of hydrogen-bond acceptors (Lipinski definition) is 6. The second-order valence-electron chi connectivity index (χ2n) is 4.70. The minimum atomic E-state index is -3.69. The van der Waals surface area contributed by atoms with E-state index in [1.807, 2.05) is 0 Å². The van der Waals surface area contributed by atoms with Gasteiger partial charge in [-0.25, -0.2) is 22.9 Å². The van der Waals surface area contributed by atoms with Gasteiger partial charge in [0.1, 0.15) is 0 Å². The number of nitrogens with one attached hydrogen (secondary N) is 2. The molecular weight excluding hydrogens is 370 g/mol. The lowest BCUT2D eigenvalue weighted by atomic mass is 10.2. The van der Waals surface area contributed by atoms with Gasteiger partial charge in [-0.1, -0.05) is 17.7 Å². The SMILES string of the molecule is CNS(=O)(=O)c1cccc(C(=O)OCC(=O)Nc2cccnc2Cl)c1. The summed E-state index contributed by atoms with van der Waals surface area (Å²) < 4.78 is 30.5. The van der Waals surface area contributed by atoms with Crippen molar-refractivity contribution >= 4 is 39.2 Å². The molecule has 0 spiro atoms. The minimum Gasteiger partial charge on any atom is -0.452 e. The van der Waals surface area contributed by atoms with E-state index in [0.717, 1.165) is 6.07 Å². The first kappa shape index (κ1) is 18.8. The fourth-order valence-corrected chi connectivity index (χ4v) is 2.73. The van der Waals surface area contributed by atoms with E-state index in [-0.39, 0.29) is 21.3 Å². The van der Waals surface area contributed by atoms with Crippen LogP contribution in [-0.2, 0) is 19.6 Å². The Morgan fingerprint density at radius 3 is 2.68 bits per heavy atom. The number of ether oxygens (including phenoxy) is 1. The lowest BCUT2D eigenvalue weighted by Gasteiger charge is -2.08. The molecule has 0 atom stereocenters. The van der Waals surface area contributed by atoms with Gasteiger partial charge >= 0.3 is 5.97 Å². The second-order valence-corrected chi connectivity index (χ2v) is 6.95. The molecule has 0 aliphatic rings. The first-order valence-electron chi connectivity index (χ1n) is 6.94. The molecule has 25 heavy (non-hydrogen) atoms. The van der Waals surface area contributed by atoms with Crippen LogP contribution < -0.4 is 10.0 Å². The number of sulfonamides is 1. The lowest BCUT2D eigenvalue weighted by Crippen LogP contribution is -2.22. The molecule has 0 aliphatic carbocycles. The van der Waals surface area contributed by atoms with Crippen LogP contribution in [0.4, 0.5) is 5.69 Å². The Morgan fingerprint density at radius 1 is 1.24 bits per heavy atom. The van der Waals surface area contributed by atoms with Gasteiger partial charge in [-0.3, -0.25) is 4.79 Å². The molecule has 0 radical (unpaired) electrons. The third kappa shape index (κ3) is 4.99. The Hall–Kier alpha value is -2.49. The highest BCUT2D eigenvalue weighted by Crippen LogP contribution is 2.17. The Labute approximate surface area is 149 Å². The molecule has 2 aromatic rings.